The summed E-state index contributed by atoms with van der Waals surface area (Å²) >= 11 is 6.43. The monoisotopic (exact) mass is 429 g/mol. The molecule has 1 aliphatic heterocycles. The molecule has 2 aromatic rings. The van der Waals surface area contributed by atoms with Crippen molar-refractivity contribution in [3.63, 3.8) is 0 Å². The van der Waals surface area contributed by atoms with Crippen molar-refractivity contribution in [2.24, 2.45) is 0 Å². The molecule has 0 spiro atoms. The third-order valence-corrected chi connectivity index (χ3v) is 5.33. The molecule has 0 aliphatic carbocycles. The molecule has 2 aromatic carbocycles. The standard InChI is InChI=1S/C21H16FNO4S2/c1-3-10-23-19(24)18(29-21(23)28)12-13-4-9-16(17(11-13)26-2)27-20(25)14-5-7-15(22)8-6-14/h3-9,11-12H,1,10H2,2H3/b18-12+. The van der Waals surface area contributed by atoms with E-state index in [9.17, 15) is 14.0 Å². The Balaban J connectivity index is 1.81. The van der Waals surface area contributed by atoms with Crippen LogP contribution in [0.4, 0.5) is 4.39 Å². The zero-order valence-electron chi connectivity index (χ0n) is 15.4. The Labute approximate surface area is 176 Å². The van der Waals surface area contributed by atoms with E-state index in [1.54, 1.807) is 30.4 Å². The number of halogens is 1. The highest BCUT2D eigenvalue weighted by molar-refractivity contribution is 8.26. The number of esters is 1. The summed E-state index contributed by atoms with van der Waals surface area (Å²) in [6.45, 7) is 3.98. The van der Waals surface area contributed by atoms with Crippen LogP contribution in [0.15, 0.2) is 60.0 Å². The van der Waals surface area contributed by atoms with Gasteiger partial charge in [0, 0.05) is 6.54 Å². The number of nitrogens with zero attached hydrogens (tertiary/aromatic N) is 1. The van der Waals surface area contributed by atoms with E-state index < -0.39 is 11.8 Å². The molecule has 29 heavy (non-hydrogen) atoms. The number of carbonyl (C=O) groups is 2. The number of benzene rings is 2. The van der Waals surface area contributed by atoms with E-state index >= 15 is 0 Å². The molecule has 5 nitrogen and oxygen atoms in total. The zero-order chi connectivity index (χ0) is 21.0. The molecule has 0 bridgehead atoms. The van der Waals surface area contributed by atoms with Crippen molar-refractivity contribution < 1.29 is 23.5 Å². The molecule has 8 heteroatoms. The summed E-state index contributed by atoms with van der Waals surface area (Å²) < 4.78 is 24.1. The summed E-state index contributed by atoms with van der Waals surface area (Å²) in [6.07, 6.45) is 3.30. The van der Waals surface area contributed by atoms with Gasteiger partial charge in [0.2, 0.25) is 0 Å². The maximum absolute atomic E-state index is 13.0. The smallest absolute Gasteiger partial charge is 0.343 e. The quantitative estimate of drug-likeness (QED) is 0.222. The third kappa shape index (κ3) is 4.72. The maximum Gasteiger partial charge on any atom is 0.343 e. The van der Waals surface area contributed by atoms with Crippen LogP contribution in [0.3, 0.4) is 0 Å². The van der Waals surface area contributed by atoms with Crippen molar-refractivity contribution in [3.8, 4) is 11.5 Å². The number of thiocarbonyl (C=S) groups is 1. The van der Waals surface area contributed by atoms with E-state index in [1.807, 2.05) is 0 Å². The zero-order valence-corrected chi connectivity index (χ0v) is 17.0. The molecule has 1 fully saturated rings. The fourth-order valence-electron chi connectivity index (χ4n) is 2.54. The molecule has 0 N–H and O–H groups in total. The number of hydrogen-bond acceptors (Lipinski definition) is 6. The maximum atomic E-state index is 13.0. The Morgan fingerprint density at radius 3 is 2.62 bits per heavy atom. The molecule has 0 aromatic heterocycles. The topological polar surface area (TPSA) is 55.8 Å². The second-order valence-electron chi connectivity index (χ2n) is 5.89. The second kappa shape index (κ2) is 9.02. The molecule has 0 atom stereocenters. The van der Waals surface area contributed by atoms with Gasteiger partial charge in [0.05, 0.1) is 17.6 Å². The van der Waals surface area contributed by atoms with Gasteiger partial charge < -0.3 is 9.47 Å². The molecule has 3 rings (SSSR count). The van der Waals surface area contributed by atoms with Crippen LogP contribution >= 0.6 is 24.0 Å². The van der Waals surface area contributed by atoms with Crippen molar-refractivity contribution >= 4 is 46.3 Å². The fourth-order valence-corrected chi connectivity index (χ4v) is 3.82. The van der Waals surface area contributed by atoms with Crippen LogP contribution in [0, 0.1) is 5.82 Å². The van der Waals surface area contributed by atoms with E-state index in [1.165, 1.54) is 48.0 Å². The first-order chi connectivity index (χ1) is 13.9. The number of hydrogen-bond donors (Lipinski definition) is 0. The van der Waals surface area contributed by atoms with Gasteiger partial charge in [-0.3, -0.25) is 9.69 Å². The van der Waals surface area contributed by atoms with Crippen LogP contribution in [0.25, 0.3) is 6.08 Å². The number of carbonyl (C=O) groups excluding carboxylic acids is 2. The lowest BCUT2D eigenvalue weighted by molar-refractivity contribution is -0.121. The van der Waals surface area contributed by atoms with Gasteiger partial charge >= 0.3 is 5.97 Å². The number of amides is 1. The number of ether oxygens (including phenoxy) is 2. The summed E-state index contributed by atoms with van der Waals surface area (Å²) in [6, 6.07) is 9.94. The van der Waals surface area contributed by atoms with E-state index in [0.29, 0.717) is 27.1 Å². The van der Waals surface area contributed by atoms with Gasteiger partial charge in [-0.1, -0.05) is 36.1 Å². The molecule has 1 heterocycles. The van der Waals surface area contributed by atoms with E-state index in [-0.39, 0.29) is 17.2 Å². The summed E-state index contributed by atoms with van der Waals surface area (Å²) in [7, 11) is 1.44. The van der Waals surface area contributed by atoms with Crippen LogP contribution < -0.4 is 9.47 Å². The van der Waals surface area contributed by atoms with Crippen molar-refractivity contribution in [3.05, 3.63) is 77.0 Å². The van der Waals surface area contributed by atoms with Gasteiger partial charge in [-0.15, -0.1) is 6.58 Å². The van der Waals surface area contributed by atoms with Gasteiger partial charge in [-0.2, -0.15) is 0 Å². The normalized spacial score (nSPS) is 15.0. The van der Waals surface area contributed by atoms with Crippen LogP contribution in [0.2, 0.25) is 0 Å². The van der Waals surface area contributed by atoms with Crippen LogP contribution in [-0.2, 0) is 4.79 Å². The lowest BCUT2D eigenvalue weighted by atomic mass is 10.1. The van der Waals surface area contributed by atoms with Gasteiger partial charge in [-0.05, 0) is 48.0 Å². The molecule has 1 aliphatic rings. The van der Waals surface area contributed by atoms with E-state index in [0.717, 1.165) is 0 Å². The Morgan fingerprint density at radius 2 is 1.97 bits per heavy atom. The summed E-state index contributed by atoms with van der Waals surface area (Å²) in [5, 5.41) is 0. The highest BCUT2D eigenvalue weighted by Crippen LogP contribution is 2.34. The van der Waals surface area contributed by atoms with E-state index in [4.69, 9.17) is 21.7 Å². The number of rotatable bonds is 6. The molecule has 148 valence electrons. The Bertz CT molecular complexity index is 1020. The lowest BCUT2D eigenvalue weighted by Crippen LogP contribution is -2.27. The van der Waals surface area contributed by atoms with Gasteiger partial charge in [-0.25, -0.2) is 9.18 Å². The minimum atomic E-state index is -0.638. The Hall–Kier alpha value is -2.97. The number of thioether (sulfide) groups is 1. The number of methoxy groups -OCH3 is 1. The molecule has 0 saturated carbocycles. The van der Waals surface area contributed by atoms with Crippen molar-refractivity contribution in [2.75, 3.05) is 13.7 Å². The first kappa shape index (κ1) is 20.8. The van der Waals surface area contributed by atoms with Gasteiger partial charge in [0.1, 0.15) is 10.1 Å². The summed E-state index contributed by atoms with van der Waals surface area (Å²) in [5.41, 5.74) is 0.894. The average Bonchev–Trinajstić information content (AvgIpc) is 2.97. The lowest BCUT2D eigenvalue weighted by Gasteiger charge is -2.11. The van der Waals surface area contributed by atoms with Gasteiger partial charge in [0.25, 0.3) is 5.91 Å². The first-order valence-corrected chi connectivity index (χ1v) is 9.67. The predicted octanol–water partition coefficient (Wildman–Crippen LogP) is 4.44. The minimum absolute atomic E-state index is 0.189. The van der Waals surface area contributed by atoms with Crippen LogP contribution in [0.1, 0.15) is 15.9 Å². The SMILES string of the molecule is C=CCN1C(=O)/C(=C\c2ccc(OC(=O)c3ccc(F)cc3)c(OC)c2)SC1=S. The molecule has 1 amide bonds. The Morgan fingerprint density at radius 1 is 1.24 bits per heavy atom. The molecule has 0 radical (unpaired) electrons. The summed E-state index contributed by atoms with van der Waals surface area (Å²) in [5.74, 6) is -0.747. The first-order valence-electron chi connectivity index (χ1n) is 8.45. The highest BCUT2D eigenvalue weighted by atomic mass is 32.2. The summed E-state index contributed by atoms with van der Waals surface area (Å²) in [4.78, 5) is 26.6. The molecule has 0 unspecified atom stereocenters. The highest BCUT2D eigenvalue weighted by Gasteiger charge is 2.31. The molecule has 1 saturated heterocycles. The van der Waals surface area contributed by atoms with Crippen LogP contribution in [0.5, 0.6) is 11.5 Å². The fraction of sp³-hybridized carbons (Fsp3) is 0.0952. The van der Waals surface area contributed by atoms with Crippen molar-refractivity contribution in [1.82, 2.24) is 4.90 Å². The second-order valence-corrected chi connectivity index (χ2v) is 7.56. The van der Waals surface area contributed by atoms with Crippen molar-refractivity contribution in [2.45, 2.75) is 0 Å². The molecular weight excluding hydrogens is 413 g/mol. The largest absolute Gasteiger partial charge is 0.493 e. The molecular formula is C21H16FNO4S2. The van der Waals surface area contributed by atoms with E-state index in [2.05, 4.69) is 6.58 Å². The minimum Gasteiger partial charge on any atom is -0.493 e. The third-order valence-electron chi connectivity index (χ3n) is 3.95. The van der Waals surface area contributed by atoms with Crippen molar-refractivity contribution in [1.29, 1.82) is 0 Å². The predicted molar refractivity (Wildman–Crippen MR) is 114 cm³/mol. The Kier molecular flexibility index (Phi) is 6.46. The average molecular weight is 429 g/mol. The van der Waals surface area contributed by atoms with Gasteiger partial charge in [0.15, 0.2) is 11.5 Å². The van der Waals surface area contributed by atoms with Crippen LogP contribution in [-0.4, -0.2) is 34.8 Å².